The minimum Gasteiger partial charge on any atom is -0.310 e. The van der Waals surface area contributed by atoms with Crippen LogP contribution in [0.25, 0.3) is 71.6 Å². The van der Waals surface area contributed by atoms with E-state index in [0.29, 0.717) is 0 Å². The summed E-state index contributed by atoms with van der Waals surface area (Å²) in [6.07, 6.45) is 0. The van der Waals surface area contributed by atoms with Crippen molar-refractivity contribution >= 4 is 72.7 Å². The summed E-state index contributed by atoms with van der Waals surface area (Å²) in [5, 5.41) is 5.03. The molecule has 0 fully saturated rings. The van der Waals surface area contributed by atoms with E-state index in [-0.39, 0.29) is 12.1 Å². The number of nitrogens with zero attached hydrogens (tertiary/aromatic N) is 2. The summed E-state index contributed by atoms with van der Waals surface area (Å²) in [5.41, 5.74) is 21.4. The van der Waals surface area contributed by atoms with E-state index in [9.17, 15) is 0 Å². The highest BCUT2D eigenvalue weighted by Gasteiger charge is 2.40. The Morgan fingerprint density at radius 2 is 1.02 bits per heavy atom. The van der Waals surface area contributed by atoms with Gasteiger partial charge in [0.2, 0.25) is 6.71 Å². The fourth-order valence-electron chi connectivity index (χ4n) is 11.4. The Morgan fingerprint density at radius 3 is 1.75 bits per heavy atom. The van der Waals surface area contributed by atoms with Gasteiger partial charge in [0.1, 0.15) is 0 Å². The van der Waals surface area contributed by atoms with E-state index in [2.05, 4.69) is 248 Å². The van der Waals surface area contributed by atoms with E-state index < -0.39 is 0 Å². The monoisotopic (exact) mass is 814 g/mol. The Kier molecular flexibility index (Phi) is 8.08. The SMILES string of the molecule is CC1(C)c2ccccc2N(c2ccc3c4cc(B5c6c(-c7ccccc7)cccc6-c6cc7ccccc7c(-c7ccccc7)c65)ccc4n(-c4ccccc4)c3c2)c2ccccc21. The van der Waals surface area contributed by atoms with Crippen LogP contribution in [-0.2, 0) is 5.41 Å². The lowest BCUT2D eigenvalue weighted by atomic mass is 9.37. The molecule has 0 radical (unpaired) electrons. The van der Waals surface area contributed by atoms with Gasteiger partial charge in [0.25, 0.3) is 0 Å². The zero-order valence-corrected chi connectivity index (χ0v) is 35.8. The lowest BCUT2D eigenvalue weighted by Crippen LogP contribution is -2.50. The van der Waals surface area contributed by atoms with Crippen LogP contribution in [0, 0.1) is 0 Å². The number of aromatic nitrogens is 1. The summed E-state index contributed by atoms with van der Waals surface area (Å²) in [4.78, 5) is 2.47. The predicted octanol–water partition coefficient (Wildman–Crippen LogP) is 13.9. The number of benzene rings is 10. The molecule has 13 rings (SSSR count). The first-order valence-electron chi connectivity index (χ1n) is 22.5. The van der Waals surface area contributed by atoms with Crippen LogP contribution in [-0.4, -0.2) is 11.3 Å². The van der Waals surface area contributed by atoms with E-state index in [4.69, 9.17) is 0 Å². The van der Waals surface area contributed by atoms with Gasteiger partial charge < -0.3 is 9.47 Å². The Bertz CT molecular complexity index is 3590. The Morgan fingerprint density at radius 1 is 0.391 bits per heavy atom. The van der Waals surface area contributed by atoms with Crippen molar-refractivity contribution in [1.29, 1.82) is 0 Å². The smallest absolute Gasteiger partial charge is 0.244 e. The third-order valence-corrected chi connectivity index (χ3v) is 14.2. The summed E-state index contributed by atoms with van der Waals surface area (Å²) < 4.78 is 2.47. The minimum atomic E-state index is -0.131. The second kappa shape index (κ2) is 14.1. The Balaban J connectivity index is 1.09. The minimum absolute atomic E-state index is 0.00951. The van der Waals surface area contributed by atoms with Gasteiger partial charge in [0.15, 0.2) is 0 Å². The van der Waals surface area contributed by atoms with Crippen molar-refractivity contribution in [3.63, 3.8) is 0 Å². The zero-order valence-electron chi connectivity index (χ0n) is 35.8. The molecule has 2 aliphatic rings. The fraction of sp³-hybridized carbons (Fsp3) is 0.0492. The summed E-state index contributed by atoms with van der Waals surface area (Å²) in [5.74, 6) is 0. The van der Waals surface area contributed by atoms with Gasteiger partial charge in [-0.3, -0.25) is 0 Å². The van der Waals surface area contributed by atoms with Crippen LogP contribution in [0.2, 0.25) is 0 Å². The van der Waals surface area contributed by atoms with E-state index in [1.807, 2.05) is 0 Å². The van der Waals surface area contributed by atoms with Gasteiger partial charge >= 0.3 is 0 Å². The maximum absolute atomic E-state index is 2.51. The molecule has 0 unspecified atom stereocenters. The first-order chi connectivity index (χ1) is 31.5. The molecule has 64 heavy (non-hydrogen) atoms. The van der Waals surface area contributed by atoms with Crippen molar-refractivity contribution < 1.29 is 0 Å². The average Bonchev–Trinajstić information content (AvgIpc) is 3.86. The van der Waals surface area contributed by atoms with Gasteiger partial charge in [-0.15, -0.1) is 0 Å². The molecule has 2 nitrogen and oxygen atoms in total. The molecule has 0 N–H and O–H groups in total. The average molecular weight is 815 g/mol. The second-order valence-corrected chi connectivity index (χ2v) is 18.0. The van der Waals surface area contributed by atoms with Gasteiger partial charge in [-0.1, -0.05) is 206 Å². The molecule has 0 amide bonds. The lowest BCUT2D eigenvalue weighted by Gasteiger charge is -2.42. The number of para-hydroxylation sites is 3. The van der Waals surface area contributed by atoms with Crippen LogP contribution in [0.1, 0.15) is 25.0 Å². The normalized spacial score (nSPS) is 13.5. The lowest BCUT2D eigenvalue weighted by molar-refractivity contribution is 0.632. The van der Waals surface area contributed by atoms with Crippen LogP contribution < -0.4 is 21.3 Å². The molecule has 0 saturated carbocycles. The molecule has 10 aromatic carbocycles. The van der Waals surface area contributed by atoms with Crippen LogP contribution in [0.15, 0.2) is 224 Å². The molecule has 0 spiro atoms. The Hall–Kier alpha value is -7.88. The van der Waals surface area contributed by atoms with E-state index in [1.54, 1.807) is 0 Å². The van der Waals surface area contributed by atoms with Gasteiger partial charge in [0.05, 0.1) is 22.4 Å². The van der Waals surface area contributed by atoms with Crippen LogP contribution in [0.5, 0.6) is 0 Å². The molecule has 3 heteroatoms. The third kappa shape index (κ3) is 5.34. The molecule has 2 aliphatic heterocycles. The van der Waals surface area contributed by atoms with E-state index >= 15 is 0 Å². The van der Waals surface area contributed by atoms with Crippen molar-refractivity contribution in [2.75, 3.05) is 4.90 Å². The van der Waals surface area contributed by atoms with Crippen molar-refractivity contribution in [1.82, 2.24) is 4.57 Å². The molecule has 0 saturated heterocycles. The van der Waals surface area contributed by atoms with Crippen molar-refractivity contribution in [2.45, 2.75) is 19.3 Å². The zero-order chi connectivity index (χ0) is 42.5. The standard InChI is InChI=1S/C61H43BN2/c1-61(2)52-29-14-16-31-55(52)64(56-32-17-15-30-53(56)61)45-34-35-48-50-38-43(33-36-54(50)63(57(48)39-45)44-24-10-5-11-25-44)62-59-47(40-19-6-3-7-20-40)27-18-28-49(59)51-37-42-23-12-13-26-46(42)58(60(51)62)41-21-8-4-9-22-41/h3-39H,1-2H3. The first-order valence-corrected chi connectivity index (χ1v) is 22.5. The van der Waals surface area contributed by atoms with E-state index in [1.165, 1.54) is 105 Å². The highest BCUT2D eigenvalue weighted by Crippen LogP contribution is 2.52. The number of hydrogen-bond acceptors (Lipinski definition) is 1. The summed E-state index contributed by atoms with van der Waals surface area (Å²) in [6, 6.07) is 83.5. The van der Waals surface area contributed by atoms with Gasteiger partial charge in [-0.2, -0.15) is 0 Å². The van der Waals surface area contributed by atoms with Crippen molar-refractivity contribution in [2.24, 2.45) is 0 Å². The fourth-order valence-corrected chi connectivity index (χ4v) is 11.4. The topological polar surface area (TPSA) is 8.17 Å². The highest BCUT2D eigenvalue weighted by molar-refractivity contribution is 7.01. The van der Waals surface area contributed by atoms with Gasteiger partial charge in [-0.25, -0.2) is 0 Å². The third-order valence-electron chi connectivity index (χ3n) is 14.2. The molecule has 1 aromatic heterocycles. The van der Waals surface area contributed by atoms with Gasteiger partial charge in [-0.05, 0) is 104 Å². The maximum Gasteiger partial charge on any atom is 0.244 e. The summed E-state index contributed by atoms with van der Waals surface area (Å²) >= 11 is 0. The van der Waals surface area contributed by atoms with Crippen LogP contribution in [0.3, 0.4) is 0 Å². The molecule has 3 heterocycles. The molecular weight excluding hydrogens is 771 g/mol. The summed E-state index contributed by atoms with van der Waals surface area (Å²) in [6.45, 7) is 4.70. The van der Waals surface area contributed by atoms with Crippen molar-refractivity contribution in [3.05, 3.63) is 236 Å². The van der Waals surface area contributed by atoms with E-state index in [0.717, 1.165) is 11.4 Å². The van der Waals surface area contributed by atoms with Crippen LogP contribution >= 0.6 is 0 Å². The molecule has 0 bridgehead atoms. The number of anilines is 3. The molecule has 300 valence electrons. The predicted molar refractivity (Wildman–Crippen MR) is 273 cm³/mol. The maximum atomic E-state index is 2.51. The molecular formula is C61H43BN2. The van der Waals surface area contributed by atoms with Gasteiger partial charge in [0, 0.05) is 27.6 Å². The highest BCUT2D eigenvalue weighted by atomic mass is 15.2. The summed E-state index contributed by atoms with van der Waals surface area (Å²) in [7, 11) is 0. The second-order valence-electron chi connectivity index (χ2n) is 18.0. The quantitative estimate of drug-likeness (QED) is 0.157. The number of rotatable bonds is 5. The number of hydrogen-bond donors (Lipinski definition) is 0. The Labute approximate surface area is 374 Å². The molecule has 11 aromatic rings. The largest absolute Gasteiger partial charge is 0.310 e. The van der Waals surface area contributed by atoms with Crippen molar-refractivity contribution in [3.8, 4) is 39.1 Å². The molecule has 0 aliphatic carbocycles. The number of fused-ring (bicyclic) bond motifs is 9. The molecule has 0 atom stereocenters. The first kappa shape index (κ1) is 36.7. The van der Waals surface area contributed by atoms with Crippen LogP contribution in [0.4, 0.5) is 17.1 Å².